The Kier molecular flexibility index (Phi) is 6.87. The minimum atomic E-state index is -4.52. The zero-order valence-electron chi connectivity index (χ0n) is 18.5. The Morgan fingerprint density at radius 1 is 1.24 bits per heavy atom. The number of allylic oxidation sites excluding steroid dienone is 1. The Morgan fingerprint density at radius 3 is 2.55 bits per heavy atom. The molecule has 176 valence electrons. The van der Waals surface area contributed by atoms with E-state index in [9.17, 15) is 23.1 Å². The number of rotatable bonds is 5. The standard InChI is InChI=1S/C23H24F3N3O3S/c1-5-32-18-11-14(9-10-17(18)30)20-19(21(31)28(3)4)13(2)29(22(33)27-20)16-8-6-7-15(12-16)23(24,25)26/h6-12,20,30H,5H2,1-4H3,(H,27,33)/t20-/m1/s1. The van der Waals surface area contributed by atoms with E-state index in [0.29, 0.717) is 23.4 Å². The van der Waals surface area contributed by atoms with Crippen LogP contribution in [-0.2, 0) is 11.0 Å². The van der Waals surface area contributed by atoms with Crippen molar-refractivity contribution < 1.29 is 27.8 Å². The molecule has 1 aliphatic heterocycles. The second-order valence-corrected chi connectivity index (χ2v) is 8.01. The fraction of sp³-hybridized carbons (Fsp3) is 0.304. The molecular formula is C23H24F3N3O3S. The van der Waals surface area contributed by atoms with E-state index in [1.165, 1.54) is 28.0 Å². The minimum absolute atomic E-state index is 0.0502. The average Bonchev–Trinajstić information content (AvgIpc) is 2.74. The lowest BCUT2D eigenvalue weighted by Gasteiger charge is -2.38. The molecule has 1 amide bonds. The molecule has 0 unspecified atom stereocenters. The van der Waals surface area contributed by atoms with Crippen LogP contribution in [0.15, 0.2) is 53.7 Å². The van der Waals surface area contributed by atoms with Gasteiger partial charge in [-0.3, -0.25) is 9.69 Å². The average molecular weight is 480 g/mol. The number of hydrogen-bond acceptors (Lipinski definition) is 4. The number of hydrogen-bond donors (Lipinski definition) is 2. The highest BCUT2D eigenvalue weighted by atomic mass is 32.1. The lowest BCUT2D eigenvalue weighted by atomic mass is 9.93. The quantitative estimate of drug-likeness (QED) is 0.611. The molecule has 3 rings (SSSR count). The number of phenolic OH excluding ortho intramolecular Hbond substituents is 1. The summed E-state index contributed by atoms with van der Waals surface area (Å²) < 4.78 is 45.3. The SMILES string of the molecule is CCOc1cc([C@H]2NC(=S)N(c3cccc(C(F)(F)F)c3)C(C)=C2C(=O)N(C)C)ccc1O. The van der Waals surface area contributed by atoms with Gasteiger partial charge in [-0.1, -0.05) is 12.1 Å². The lowest BCUT2D eigenvalue weighted by Crippen LogP contribution is -2.49. The molecule has 0 fully saturated rings. The molecule has 2 N–H and O–H groups in total. The van der Waals surface area contributed by atoms with Crippen molar-refractivity contribution in [2.24, 2.45) is 0 Å². The fourth-order valence-electron chi connectivity index (χ4n) is 3.62. The first-order valence-corrected chi connectivity index (χ1v) is 10.5. The molecule has 0 aliphatic carbocycles. The lowest BCUT2D eigenvalue weighted by molar-refractivity contribution is -0.137. The van der Waals surface area contributed by atoms with Crippen LogP contribution in [0.5, 0.6) is 11.5 Å². The summed E-state index contributed by atoms with van der Waals surface area (Å²) in [5, 5.41) is 13.3. The molecule has 0 bridgehead atoms. The number of amides is 1. The molecule has 0 saturated carbocycles. The molecule has 1 heterocycles. The number of aromatic hydroxyl groups is 1. The van der Waals surface area contributed by atoms with Gasteiger partial charge in [0.2, 0.25) is 0 Å². The topological polar surface area (TPSA) is 65.0 Å². The Bertz CT molecular complexity index is 1120. The maximum atomic E-state index is 13.3. The van der Waals surface area contributed by atoms with E-state index in [-0.39, 0.29) is 28.2 Å². The molecule has 0 spiro atoms. The predicted molar refractivity (Wildman–Crippen MR) is 123 cm³/mol. The molecule has 2 aromatic carbocycles. The van der Waals surface area contributed by atoms with E-state index in [1.807, 2.05) is 0 Å². The predicted octanol–water partition coefficient (Wildman–Crippen LogP) is 4.61. The minimum Gasteiger partial charge on any atom is -0.504 e. The number of carbonyl (C=O) groups excluding carboxylic acids is 1. The molecule has 2 aromatic rings. The van der Waals surface area contributed by atoms with Gasteiger partial charge in [0.05, 0.1) is 23.8 Å². The molecule has 0 radical (unpaired) electrons. The highest BCUT2D eigenvalue weighted by Crippen LogP contribution is 2.39. The Morgan fingerprint density at radius 2 is 1.94 bits per heavy atom. The van der Waals surface area contributed by atoms with E-state index >= 15 is 0 Å². The third-order valence-corrected chi connectivity index (χ3v) is 5.47. The largest absolute Gasteiger partial charge is 0.504 e. The van der Waals surface area contributed by atoms with Crippen molar-refractivity contribution in [1.82, 2.24) is 10.2 Å². The molecular weight excluding hydrogens is 455 g/mol. The number of phenols is 1. The van der Waals surface area contributed by atoms with E-state index in [0.717, 1.165) is 12.1 Å². The van der Waals surface area contributed by atoms with Crippen molar-refractivity contribution >= 4 is 28.9 Å². The number of carbonyl (C=O) groups is 1. The van der Waals surface area contributed by atoms with E-state index in [1.54, 1.807) is 40.1 Å². The summed E-state index contributed by atoms with van der Waals surface area (Å²) in [7, 11) is 3.17. The van der Waals surface area contributed by atoms with E-state index < -0.39 is 17.8 Å². The van der Waals surface area contributed by atoms with Crippen LogP contribution >= 0.6 is 12.2 Å². The molecule has 0 aromatic heterocycles. The van der Waals surface area contributed by atoms with Crippen molar-refractivity contribution in [3.63, 3.8) is 0 Å². The zero-order chi connectivity index (χ0) is 24.5. The summed E-state index contributed by atoms with van der Waals surface area (Å²) >= 11 is 5.51. The van der Waals surface area contributed by atoms with Crippen LogP contribution in [0, 0.1) is 0 Å². The fourth-order valence-corrected chi connectivity index (χ4v) is 3.98. The molecule has 33 heavy (non-hydrogen) atoms. The molecule has 1 atom stereocenters. The van der Waals surface area contributed by atoms with Gasteiger partial charge in [0.25, 0.3) is 5.91 Å². The number of nitrogens with one attached hydrogen (secondary N) is 1. The summed E-state index contributed by atoms with van der Waals surface area (Å²) in [5.41, 5.74) is 0.667. The van der Waals surface area contributed by atoms with Crippen LogP contribution in [0.1, 0.15) is 31.0 Å². The van der Waals surface area contributed by atoms with Crippen LogP contribution in [-0.4, -0.2) is 41.7 Å². The first-order valence-electron chi connectivity index (χ1n) is 10.1. The summed E-state index contributed by atoms with van der Waals surface area (Å²) in [6.07, 6.45) is -4.52. The monoisotopic (exact) mass is 479 g/mol. The van der Waals surface area contributed by atoms with Gasteiger partial charge in [-0.05, 0) is 62.0 Å². The summed E-state index contributed by atoms with van der Waals surface area (Å²) in [4.78, 5) is 16.0. The summed E-state index contributed by atoms with van der Waals surface area (Å²) in [6.45, 7) is 3.74. The Hall–Kier alpha value is -3.27. The van der Waals surface area contributed by atoms with Crippen molar-refractivity contribution in [1.29, 1.82) is 0 Å². The van der Waals surface area contributed by atoms with Crippen molar-refractivity contribution in [2.45, 2.75) is 26.1 Å². The maximum Gasteiger partial charge on any atom is 0.416 e. The zero-order valence-corrected chi connectivity index (χ0v) is 19.3. The number of ether oxygens (including phenoxy) is 1. The Labute approximate surface area is 195 Å². The van der Waals surface area contributed by atoms with Gasteiger partial charge in [-0.15, -0.1) is 0 Å². The van der Waals surface area contributed by atoms with Crippen LogP contribution in [0.2, 0.25) is 0 Å². The number of benzene rings is 2. The van der Waals surface area contributed by atoms with Crippen LogP contribution in [0.4, 0.5) is 18.9 Å². The first kappa shape index (κ1) is 24.4. The van der Waals surface area contributed by atoms with Crippen molar-refractivity contribution in [2.75, 3.05) is 25.6 Å². The van der Waals surface area contributed by atoms with Crippen molar-refractivity contribution in [3.05, 3.63) is 64.9 Å². The number of anilines is 1. The molecule has 10 heteroatoms. The second kappa shape index (κ2) is 9.30. The van der Waals surface area contributed by atoms with Gasteiger partial charge in [0.15, 0.2) is 16.6 Å². The number of nitrogens with zero attached hydrogens (tertiary/aromatic N) is 2. The third kappa shape index (κ3) is 4.90. The second-order valence-electron chi connectivity index (χ2n) is 7.62. The highest BCUT2D eigenvalue weighted by molar-refractivity contribution is 7.80. The van der Waals surface area contributed by atoms with Crippen LogP contribution < -0.4 is 15.0 Å². The van der Waals surface area contributed by atoms with Gasteiger partial charge in [-0.2, -0.15) is 13.2 Å². The summed E-state index contributed by atoms with van der Waals surface area (Å²) in [6, 6.07) is 8.75. The Balaban J connectivity index is 2.17. The normalized spacial score (nSPS) is 16.5. The number of halogens is 3. The maximum absolute atomic E-state index is 13.3. The molecule has 0 saturated heterocycles. The number of thiocarbonyl (C=S) groups is 1. The van der Waals surface area contributed by atoms with E-state index in [2.05, 4.69) is 5.32 Å². The van der Waals surface area contributed by atoms with Gasteiger partial charge in [0.1, 0.15) is 0 Å². The first-order chi connectivity index (χ1) is 15.5. The third-order valence-electron chi connectivity index (χ3n) is 5.17. The van der Waals surface area contributed by atoms with Gasteiger partial charge < -0.3 is 20.1 Å². The van der Waals surface area contributed by atoms with Gasteiger partial charge >= 0.3 is 6.18 Å². The van der Waals surface area contributed by atoms with Gasteiger partial charge in [0, 0.05) is 25.5 Å². The smallest absolute Gasteiger partial charge is 0.416 e. The molecule has 1 aliphatic rings. The van der Waals surface area contributed by atoms with E-state index in [4.69, 9.17) is 17.0 Å². The van der Waals surface area contributed by atoms with Crippen LogP contribution in [0.3, 0.4) is 0 Å². The van der Waals surface area contributed by atoms with Crippen molar-refractivity contribution in [3.8, 4) is 11.5 Å². The molecule has 6 nitrogen and oxygen atoms in total. The number of alkyl halides is 3. The van der Waals surface area contributed by atoms with Gasteiger partial charge in [-0.25, -0.2) is 0 Å². The summed E-state index contributed by atoms with van der Waals surface area (Å²) in [5.74, 6) is -0.140. The highest BCUT2D eigenvalue weighted by Gasteiger charge is 2.37. The number of likely N-dealkylation sites (N-methyl/N-ethyl adjacent to an activating group) is 1. The van der Waals surface area contributed by atoms with Crippen LogP contribution in [0.25, 0.3) is 0 Å².